The van der Waals surface area contributed by atoms with Crippen LogP contribution in [0.5, 0.6) is 5.75 Å². The number of benzene rings is 1. The molecule has 78 valence electrons. The van der Waals surface area contributed by atoms with Crippen molar-refractivity contribution >= 4 is 31.9 Å². The van der Waals surface area contributed by atoms with Gasteiger partial charge in [-0.2, -0.15) is 0 Å². The molecule has 0 atom stereocenters. The highest BCUT2D eigenvalue weighted by Gasteiger charge is 2.07. The Bertz CT molecular complexity index is 290. The summed E-state index contributed by atoms with van der Waals surface area (Å²) in [7, 11) is 0. The van der Waals surface area contributed by atoms with Gasteiger partial charge >= 0.3 is 0 Å². The van der Waals surface area contributed by atoms with E-state index in [1.807, 2.05) is 12.1 Å². The molecule has 0 saturated carbocycles. The molecule has 14 heavy (non-hydrogen) atoms. The summed E-state index contributed by atoms with van der Waals surface area (Å²) in [5, 5.41) is 8.97. The molecule has 0 unspecified atom stereocenters. The molecule has 0 aliphatic heterocycles. The molecular weight excluding hydrogens is 312 g/mol. The standard InChI is InChI=1S/C10H12Br2O2/c1-2-3-14-10-8(11)4-7(6-13)5-9(10)12/h4-5,13H,2-3,6H2,1H3. The van der Waals surface area contributed by atoms with Crippen LogP contribution in [0.2, 0.25) is 0 Å². The van der Waals surface area contributed by atoms with E-state index in [1.54, 1.807) is 0 Å². The van der Waals surface area contributed by atoms with Gasteiger partial charge in [0.2, 0.25) is 0 Å². The van der Waals surface area contributed by atoms with Crippen LogP contribution in [0.15, 0.2) is 21.1 Å². The highest BCUT2D eigenvalue weighted by molar-refractivity contribution is 9.11. The largest absolute Gasteiger partial charge is 0.491 e. The van der Waals surface area contributed by atoms with Crippen LogP contribution in [0.1, 0.15) is 18.9 Å². The van der Waals surface area contributed by atoms with Crippen molar-refractivity contribution in [3.63, 3.8) is 0 Å². The molecule has 1 aromatic carbocycles. The maximum absolute atomic E-state index is 8.97. The lowest BCUT2D eigenvalue weighted by Gasteiger charge is -2.10. The quantitative estimate of drug-likeness (QED) is 0.919. The monoisotopic (exact) mass is 322 g/mol. The van der Waals surface area contributed by atoms with Crippen LogP contribution in [-0.2, 0) is 6.61 Å². The summed E-state index contributed by atoms with van der Waals surface area (Å²) < 4.78 is 7.27. The van der Waals surface area contributed by atoms with Gasteiger partial charge in [0, 0.05) is 0 Å². The van der Waals surface area contributed by atoms with Crippen molar-refractivity contribution in [1.82, 2.24) is 0 Å². The number of hydrogen-bond acceptors (Lipinski definition) is 2. The van der Waals surface area contributed by atoms with E-state index in [2.05, 4.69) is 38.8 Å². The summed E-state index contributed by atoms with van der Waals surface area (Å²) in [4.78, 5) is 0. The minimum absolute atomic E-state index is 0.0330. The number of halogens is 2. The zero-order chi connectivity index (χ0) is 10.6. The van der Waals surface area contributed by atoms with E-state index in [1.165, 1.54) is 0 Å². The first-order chi connectivity index (χ1) is 6.69. The summed E-state index contributed by atoms with van der Waals surface area (Å²) in [5.41, 5.74) is 0.854. The number of aliphatic hydroxyl groups is 1. The molecule has 0 aromatic heterocycles. The zero-order valence-corrected chi connectivity index (χ0v) is 11.1. The second-order valence-electron chi connectivity index (χ2n) is 2.90. The van der Waals surface area contributed by atoms with Crippen molar-refractivity contribution < 1.29 is 9.84 Å². The fourth-order valence-electron chi connectivity index (χ4n) is 1.05. The number of aliphatic hydroxyl groups excluding tert-OH is 1. The maximum atomic E-state index is 8.97. The zero-order valence-electron chi connectivity index (χ0n) is 7.89. The summed E-state index contributed by atoms with van der Waals surface area (Å²) >= 11 is 6.81. The summed E-state index contributed by atoms with van der Waals surface area (Å²) in [5.74, 6) is 0.795. The highest BCUT2D eigenvalue weighted by atomic mass is 79.9. The lowest BCUT2D eigenvalue weighted by Crippen LogP contribution is -1.97. The first-order valence-electron chi connectivity index (χ1n) is 4.40. The maximum Gasteiger partial charge on any atom is 0.147 e. The minimum Gasteiger partial charge on any atom is -0.491 e. The number of ether oxygens (including phenoxy) is 1. The second kappa shape index (κ2) is 5.73. The molecule has 0 radical (unpaired) electrons. The topological polar surface area (TPSA) is 29.5 Å². The van der Waals surface area contributed by atoms with Crippen LogP contribution < -0.4 is 4.74 Å². The van der Waals surface area contributed by atoms with Gasteiger partial charge in [-0.15, -0.1) is 0 Å². The van der Waals surface area contributed by atoms with E-state index in [4.69, 9.17) is 9.84 Å². The van der Waals surface area contributed by atoms with Gasteiger partial charge < -0.3 is 9.84 Å². The third-order valence-corrected chi connectivity index (χ3v) is 2.87. The van der Waals surface area contributed by atoms with E-state index < -0.39 is 0 Å². The van der Waals surface area contributed by atoms with Gasteiger partial charge in [0.25, 0.3) is 0 Å². The van der Waals surface area contributed by atoms with Crippen LogP contribution in [0, 0.1) is 0 Å². The molecule has 0 saturated heterocycles. The van der Waals surface area contributed by atoms with Gasteiger partial charge in [-0.25, -0.2) is 0 Å². The van der Waals surface area contributed by atoms with Crippen LogP contribution in [0.25, 0.3) is 0 Å². The molecule has 0 fully saturated rings. The number of rotatable bonds is 4. The molecule has 0 aliphatic carbocycles. The van der Waals surface area contributed by atoms with Crippen molar-refractivity contribution in [2.24, 2.45) is 0 Å². The molecule has 0 amide bonds. The molecule has 0 heterocycles. The van der Waals surface area contributed by atoms with Crippen LogP contribution in [0.3, 0.4) is 0 Å². The van der Waals surface area contributed by atoms with Crippen LogP contribution in [0.4, 0.5) is 0 Å². The molecule has 1 N–H and O–H groups in total. The van der Waals surface area contributed by atoms with Gasteiger partial charge in [0.1, 0.15) is 5.75 Å². The Labute approximate surface area is 101 Å². The van der Waals surface area contributed by atoms with Gasteiger partial charge in [0.15, 0.2) is 0 Å². The second-order valence-corrected chi connectivity index (χ2v) is 4.60. The molecule has 2 nitrogen and oxygen atoms in total. The van der Waals surface area contributed by atoms with Crippen molar-refractivity contribution in [2.45, 2.75) is 20.0 Å². The first-order valence-corrected chi connectivity index (χ1v) is 5.99. The van der Waals surface area contributed by atoms with Crippen molar-refractivity contribution in [2.75, 3.05) is 6.61 Å². The SMILES string of the molecule is CCCOc1c(Br)cc(CO)cc1Br. The van der Waals surface area contributed by atoms with Gasteiger partial charge in [-0.05, 0) is 56.0 Å². The molecule has 0 bridgehead atoms. The molecule has 0 aliphatic rings. The summed E-state index contributed by atoms with van der Waals surface area (Å²) in [6, 6.07) is 3.71. The Hall–Kier alpha value is -0.0600. The van der Waals surface area contributed by atoms with Gasteiger partial charge in [0.05, 0.1) is 22.2 Å². The molecular formula is C10H12Br2O2. The highest BCUT2D eigenvalue weighted by Crippen LogP contribution is 2.34. The van der Waals surface area contributed by atoms with Crippen molar-refractivity contribution in [1.29, 1.82) is 0 Å². The summed E-state index contributed by atoms with van der Waals surface area (Å²) in [6.07, 6.45) is 0.973. The molecule has 0 spiro atoms. The third-order valence-electron chi connectivity index (χ3n) is 1.69. The van der Waals surface area contributed by atoms with Gasteiger partial charge in [-0.3, -0.25) is 0 Å². The van der Waals surface area contributed by atoms with E-state index in [0.717, 1.165) is 26.7 Å². The van der Waals surface area contributed by atoms with Crippen LogP contribution >= 0.6 is 31.9 Å². The lowest BCUT2D eigenvalue weighted by atomic mass is 10.2. The predicted molar refractivity (Wildman–Crippen MR) is 63.6 cm³/mol. The third kappa shape index (κ3) is 2.97. The summed E-state index contributed by atoms with van der Waals surface area (Å²) in [6.45, 7) is 2.78. The Morgan fingerprint density at radius 3 is 2.29 bits per heavy atom. The average Bonchev–Trinajstić information content (AvgIpc) is 2.16. The number of hydrogen-bond donors (Lipinski definition) is 1. The fraction of sp³-hybridized carbons (Fsp3) is 0.400. The molecule has 4 heteroatoms. The van der Waals surface area contributed by atoms with E-state index >= 15 is 0 Å². The first kappa shape index (κ1) is 12.0. The van der Waals surface area contributed by atoms with Crippen molar-refractivity contribution in [3.05, 3.63) is 26.6 Å². The normalized spacial score (nSPS) is 10.3. The van der Waals surface area contributed by atoms with E-state index in [-0.39, 0.29) is 6.61 Å². The fourth-order valence-corrected chi connectivity index (χ4v) is 2.56. The Morgan fingerprint density at radius 1 is 1.29 bits per heavy atom. The minimum atomic E-state index is 0.0330. The Kier molecular flexibility index (Phi) is 4.92. The average molecular weight is 324 g/mol. The lowest BCUT2D eigenvalue weighted by molar-refractivity contribution is 0.280. The van der Waals surface area contributed by atoms with Crippen molar-refractivity contribution in [3.8, 4) is 5.75 Å². The Morgan fingerprint density at radius 2 is 1.86 bits per heavy atom. The van der Waals surface area contributed by atoms with E-state index in [0.29, 0.717) is 6.61 Å². The van der Waals surface area contributed by atoms with Crippen LogP contribution in [-0.4, -0.2) is 11.7 Å². The molecule has 1 rings (SSSR count). The van der Waals surface area contributed by atoms with Gasteiger partial charge in [-0.1, -0.05) is 6.92 Å². The molecule has 1 aromatic rings. The van der Waals surface area contributed by atoms with E-state index in [9.17, 15) is 0 Å². The predicted octanol–water partition coefficient (Wildman–Crippen LogP) is 3.49. The Balaban J connectivity index is 2.93. The smallest absolute Gasteiger partial charge is 0.147 e.